The van der Waals surface area contributed by atoms with Crippen molar-refractivity contribution in [3.63, 3.8) is 0 Å². The Morgan fingerprint density at radius 1 is 0.880 bits per heavy atom. The number of halogens is 3. The Hall–Kier alpha value is -2.63. The normalized spacial score (nSPS) is 12.2. The molecular weight excluding hydrogens is 329 g/mol. The lowest BCUT2D eigenvalue weighted by molar-refractivity contribution is -0.153. The Kier molecular flexibility index (Phi) is 6.74. The van der Waals surface area contributed by atoms with Crippen LogP contribution in [0.4, 0.5) is 13.2 Å². The first-order chi connectivity index (χ1) is 12.0. The zero-order valence-corrected chi connectivity index (χ0v) is 13.8. The third-order valence-corrected chi connectivity index (χ3v) is 3.28. The summed E-state index contributed by atoms with van der Waals surface area (Å²) in [7, 11) is 0. The van der Waals surface area contributed by atoms with Gasteiger partial charge >= 0.3 is 6.18 Å². The Bertz CT molecular complexity index is 705. The highest BCUT2D eigenvalue weighted by Crippen LogP contribution is 2.18. The Morgan fingerprint density at radius 2 is 1.40 bits per heavy atom. The number of hydrogen-bond acceptors (Lipinski definition) is 3. The molecule has 0 bridgehead atoms. The second-order valence-electron chi connectivity index (χ2n) is 5.45. The van der Waals surface area contributed by atoms with Crippen LogP contribution in [0.25, 0.3) is 0 Å². The fraction of sp³-hybridized carbons (Fsp3) is 0.263. The minimum atomic E-state index is -4.34. The van der Waals surface area contributed by atoms with Crippen LogP contribution >= 0.6 is 0 Å². The Morgan fingerprint density at radius 3 is 1.88 bits per heavy atom. The molecule has 0 aliphatic rings. The molecule has 0 amide bonds. The van der Waals surface area contributed by atoms with Gasteiger partial charge in [0.05, 0.1) is 12.4 Å². The van der Waals surface area contributed by atoms with Gasteiger partial charge in [-0.25, -0.2) is 0 Å². The molecule has 2 aromatic rings. The molecule has 0 spiro atoms. The summed E-state index contributed by atoms with van der Waals surface area (Å²) >= 11 is 0. The maximum atomic E-state index is 12.1. The molecule has 25 heavy (non-hydrogen) atoms. The molecule has 0 saturated carbocycles. The predicted octanol–water partition coefficient (Wildman–Crippen LogP) is 5.03. The van der Waals surface area contributed by atoms with Gasteiger partial charge in [-0.15, -0.1) is 0 Å². The van der Waals surface area contributed by atoms with E-state index in [1.54, 1.807) is 18.3 Å². The molecule has 3 nitrogen and oxygen atoms in total. The van der Waals surface area contributed by atoms with Crippen molar-refractivity contribution < 1.29 is 17.9 Å². The summed E-state index contributed by atoms with van der Waals surface area (Å²) in [4.78, 5) is 0. The molecule has 2 rings (SSSR count). The number of hydrogen-bond donors (Lipinski definition) is 0. The highest BCUT2D eigenvalue weighted by molar-refractivity contribution is 5.82. The van der Waals surface area contributed by atoms with Crippen molar-refractivity contribution in [3.05, 3.63) is 65.2 Å². The van der Waals surface area contributed by atoms with Gasteiger partial charge in [0.2, 0.25) is 0 Å². The average molecular weight is 348 g/mol. The molecule has 0 heterocycles. The average Bonchev–Trinajstić information content (AvgIpc) is 2.59. The van der Waals surface area contributed by atoms with E-state index in [0.29, 0.717) is 0 Å². The maximum Gasteiger partial charge on any atom is 0.422 e. The summed E-state index contributed by atoms with van der Waals surface area (Å²) in [6, 6.07) is 14.2. The summed E-state index contributed by atoms with van der Waals surface area (Å²) in [5.74, 6) is 0.158. The SMILES string of the molecule is CCCc1ccc(/C=N/N=C/c2ccc(OCC(F)(F)F)cc2)cc1. The van der Waals surface area contributed by atoms with E-state index in [-0.39, 0.29) is 5.75 Å². The van der Waals surface area contributed by atoms with Gasteiger partial charge in [-0.1, -0.05) is 37.6 Å². The van der Waals surface area contributed by atoms with Crippen LogP contribution in [0.3, 0.4) is 0 Å². The van der Waals surface area contributed by atoms with Crippen LogP contribution < -0.4 is 4.74 Å². The van der Waals surface area contributed by atoms with Crippen molar-refractivity contribution in [2.24, 2.45) is 10.2 Å². The fourth-order valence-electron chi connectivity index (χ4n) is 2.07. The van der Waals surface area contributed by atoms with Crippen molar-refractivity contribution in [1.29, 1.82) is 0 Å². The van der Waals surface area contributed by atoms with E-state index in [4.69, 9.17) is 0 Å². The largest absolute Gasteiger partial charge is 0.484 e. The zero-order valence-electron chi connectivity index (χ0n) is 13.8. The topological polar surface area (TPSA) is 34.0 Å². The summed E-state index contributed by atoms with van der Waals surface area (Å²) in [5, 5.41) is 7.90. The molecule has 0 fully saturated rings. The monoisotopic (exact) mass is 348 g/mol. The van der Waals surface area contributed by atoms with E-state index >= 15 is 0 Å². The summed E-state index contributed by atoms with van der Waals surface area (Å²) in [6.07, 6.45) is 0.988. The van der Waals surface area contributed by atoms with Gasteiger partial charge < -0.3 is 4.74 Å². The maximum absolute atomic E-state index is 12.1. The molecule has 0 aliphatic heterocycles. The van der Waals surface area contributed by atoms with Crippen LogP contribution in [0.1, 0.15) is 30.0 Å². The minimum Gasteiger partial charge on any atom is -0.484 e. The molecule has 0 N–H and O–H groups in total. The summed E-state index contributed by atoms with van der Waals surface area (Å²) in [5.41, 5.74) is 2.96. The first kappa shape index (κ1) is 18.7. The number of ether oxygens (including phenoxy) is 1. The lowest BCUT2D eigenvalue weighted by atomic mass is 10.1. The highest BCUT2D eigenvalue weighted by Gasteiger charge is 2.28. The number of benzene rings is 2. The first-order valence-electron chi connectivity index (χ1n) is 7.91. The molecule has 132 valence electrons. The second kappa shape index (κ2) is 9.01. The van der Waals surface area contributed by atoms with E-state index in [0.717, 1.165) is 24.0 Å². The van der Waals surface area contributed by atoms with Crippen molar-refractivity contribution in [2.75, 3.05) is 6.61 Å². The predicted molar refractivity (Wildman–Crippen MR) is 93.6 cm³/mol. The molecule has 0 aromatic heterocycles. The molecule has 0 saturated heterocycles. The zero-order chi connectivity index (χ0) is 18.1. The number of nitrogens with zero attached hydrogens (tertiary/aromatic N) is 2. The first-order valence-corrected chi connectivity index (χ1v) is 7.91. The quantitative estimate of drug-likeness (QED) is 0.510. The van der Waals surface area contributed by atoms with E-state index in [1.807, 2.05) is 12.1 Å². The summed E-state index contributed by atoms with van der Waals surface area (Å²) in [6.45, 7) is 0.834. The van der Waals surface area contributed by atoms with Crippen molar-refractivity contribution in [2.45, 2.75) is 25.9 Å². The highest BCUT2D eigenvalue weighted by atomic mass is 19.4. The molecule has 0 atom stereocenters. The Balaban J connectivity index is 1.86. The van der Waals surface area contributed by atoms with Gasteiger partial charge in [-0.3, -0.25) is 0 Å². The fourth-order valence-corrected chi connectivity index (χ4v) is 2.07. The van der Waals surface area contributed by atoms with Gasteiger partial charge in [0.1, 0.15) is 5.75 Å². The number of aryl methyl sites for hydroxylation is 1. The molecule has 0 aliphatic carbocycles. The van der Waals surface area contributed by atoms with Crippen LogP contribution in [0.5, 0.6) is 5.75 Å². The third-order valence-electron chi connectivity index (χ3n) is 3.28. The molecule has 0 radical (unpaired) electrons. The standard InChI is InChI=1S/C19H19F3N2O/c1-2-3-15-4-6-16(7-5-15)12-23-24-13-17-8-10-18(11-9-17)25-14-19(20,21)22/h4-13H,2-3,14H2,1H3/b23-12+,24-13+. The van der Waals surface area contributed by atoms with Crippen LogP contribution in [0.15, 0.2) is 58.7 Å². The third kappa shape index (κ3) is 7.20. The molecule has 0 unspecified atom stereocenters. The van der Waals surface area contributed by atoms with Crippen LogP contribution in [-0.4, -0.2) is 25.2 Å². The van der Waals surface area contributed by atoms with Crippen LogP contribution in [-0.2, 0) is 6.42 Å². The van der Waals surface area contributed by atoms with E-state index < -0.39 is 12.8 Å². The number of rotatable bonds is 7. The van der Waals surface area contributed by atoms with Crippen LogP contribution in [0.2, 0.25) is 0 Å². The van der Waals surface area contributed by atoms with Crippen molar-refractivity contribution in [3.8, 4) is 5.75 Å². The van der Waals surface area contributed by atoms with Crippen LogP contribution in [0, 0.1) is 0 Å². The summed E-state index contributed by atoms with van der Waals surface area (Å²) < 4.78 is 40.8. The second-order valence-corrected chi connectivity index (χ2v) is 5.45. The lowest BCUT2D eigenvalue weighted by Crippen LogP contribution is -2.19. The smallest absolute Gasteiger partial charge is 0.422 e. The minimum absolute atomic E-state index is 0.158. The van der Waals surface area contributed by atoms with Gasteiger partial charge in [0.25, 0.3) is 0 Å². The molecule has 2 aromatic carbocycles. The lowest BCUT2D eigenvalue weighted by Gasteiger charge is -2.08. The van der Waals surface area contributed by atoms with E-state index in [2.05, 4.69) is 34.0 Å². The Labute approximate surface area is 144 Å². The molecule has 6 heteroatoms. The van der Waals surface area contributed by atoms with E-state index in [1.165, 1.54) is 23.9 Å². The molecular formula is C19H19F3N2O. The van der Waals surface area contributed by atoms with Crippen molar-refractivity contribution in [1.82, 2.24) is 0 Å². The number of alkyl halides is 3. The van der Waals surface area contributed by atoms with Gasteiger partial charge in [0.15, 0.2) is 6.61 Å². The van der Waals surface area contributed by atoms with E-state index in [9.17, 15) is 13.2 Å². The van der Waals surface area contributed by atoms with Gasteiger partial charge in [-0.2, -0.15) is 23.4 Å². The van der Waals surface area contributed by atoms with Crippen molar-refractivity contribution >= 4 is 12.4 Å². The van der Waals surface area contributed by atoms with Gasteiger partial charge in [0, 0.05) is 0 Å². The van der Waals surface area contributed by atoms with Gasteiger partial charge in [-0.05, 0) is 47.4 Å².